The molecule has 0 spiro atoms. The molecule has 1 aliphatic rings. The Labute approximate surface area is 278 Å². The van der Waals surface area contributed by atoms with Gasteiger partial charge in [0.25, 0.3) is 18.2 Å². The van der Waals surface area contributed by atoms with Crippen molar-refractivity contribution in [1.82, 2.24) is 20.2 Å². The molecule has 1 fully saturated rings. The van der Waals surface area contributed by atoms with Crippen LogP contribution in [0, 0.1) is 6.92 Å². The van der Waals surface area contributed by atoms with Gasteiger partial charge in [-0.25, -0.2) is 13.8 Å². The number of hydrogen-bond acceptors (Lipinski definition) is 7. The van der Waals surface area contributed by atoms with Gasteiger partial charge in [-0.05, 0) is 67.5 Å². The first-order valence-corrected chi connectivity index (χ1v) is 16.7. The highest BCUT2D eigenvalue weighted by molar-refractivity contribution is 7.09. The summed E-state index contributed by atoms with van der Waals surface area (Å²) in [5, 5.41) is 17.1. The Balaban J connectivity index is 1.39. The molecule has 8 nitrogen and oxygen atoms in total. The summed E-state index contributed by atoms with van der Waals surface area (Å²) in [6.45, 7) is 6.69. The van der Waals surface area contributed by atoms with Crippen molar-refractivity contribution >= 4 is 28.8 Å². The van der Waals surface area contributed by atoms with Gasteiger partial charge in [0.1, 0.15) is 5.01 Å². The Morgan fingerprint density at radius 1 is 1.09 bits per heavy atom. The number of amides is 2. The third kappa shape index (κ3) is 8.39. The van der Waals surface area contributed by atoms with E-state index in [4.69, 9.17) is 0 Å². The quantitative estimate of drug-likeness (QED) is 0.175. The van der Waals surface area contributed by atoms with E-state index in [2.05, 4.69) is 29.1 Å². The average molecular weight is 662 g/mol. The van der Waals surface area contributed by atoms with E-state index < -0.39 is 35.9 Å². The molecule has 2 aromatic heterocycles. The van der Waals surface area contributed by atoms with E-state index in [9.17, 15) is 23.5 Å². The molecule has 0 saturated carbocycles. The van der Waals surface area contributed by atoms with Gasteiger partial charge in [-0.3, -0.25) is 14.6 Å². The highest BCUT2D eigenvalue weighted by Gasteiger charge is 2.33. The molecule has 0 unspecified atom stereocenters. The monoisotopic (exact) mass is 661 g/mol. The number of hydrogen-bond donors (Lipinski definition) is 2. The molecule has 2 N–H and O–H groups in total. The zero-order valence-corrected chi connectivity index (χ0v) is 27.9. The summed E-state index contributed by atoms with van der Waals surface area (Å²) in [5.41, 5.74) is 3.16. The van der Waals surface area contributed by atoms with E-state index in [1.807, 2.05) is 66.8 Å². The van der Waals surface area contributed by atoms with E-state index in [1.165, 1.54) is 17.4 Å². The highest BCUT2D eigenvalue weighted by atomic mass is 32.1. The lowest BCUT2D eigenvalue weighted by molar-refractivity contribution is 0.0734. The van der Waals surface area contributed by atoms with Crippen molar-refractivity contribution in [2.45, 2.75) is 70.6 Å². The molecular weight excluding hydrogens is 620 g/mol. The topological polar surface area (TPSA) is 98.7 Å². The fourth-order valence-electron chi connectivity index (χ4n) is 5.88. The summed E-state index contributed by atoms with van der Waals surface area (Å²) >= 11 is 1.47. The maximum atomic E-state index is 14.1. The lowest BCUT2D eigenvalue weighted by Gasteiger charge is -2.29. The normalized spacial score (nSPS) is 16.0. The van der Waals surface area contributed by atoms with Crippen LogP contribution in [0.3, 0.4) is 0 Å². The van der Waals surface area contributed by atoms with Crippen molar-refractivity contribution in [2.75, 3.05) is 25.0 Å². The van der Waals surface area contributed by atoms with Crippen molar-refractivity contribution in [3.63, 3.8) is 0 Å². The Kier molecular flexibility index (Phi) is 11.0. The Morgan fingerprint density at radius 3 is 2.51 bits per heavy atom. The van der Waals surface area contributed by atoms with Gasteiger partial charge in [0, 0.05) is 54.1 Å². The second-order valence-electron chi connectivity index (χ2n) is 12.5. The zero-order valence-electron chi connectivity index (χ0n) is 27.1. The molecule has 248 valence electrons. The van der Waals surface area contributed by atoms with E-state index in [0.717, 1.165) is 52.5 Å². The van der Waals surface area contributed by atoms with Crippen molar-refractivity contribution in [1.29, 1.82) is 0 Å². The van der Waals surface area contributed by atoms with Gasteiger partial charge in [-0.2, -0.15) is 0 Å². The van der Waals surface area contributed by atoms with Crippen molar-refractivity contribution < 1.29 is 23.5 Å². The van der Waals surface area contributed by atoms with Gasteiger partial charge in [-0.15, -0.1) is 11.3 Å². The number of alkyl halides is 2. The van der Waals surface area contributed by atoms with E-state index in [1.54, 1.807) is 11.1 Å². The first-order valence-electron chi connectivity index (χ1n) is 15.8. The number of aliphatic hydroxyl groups excluding tert-OH is 1. The van der Waals surface area contributed by atoms with Crippen LogP contribution in [0.5, 0.6) is 0 Å². The summed E-state index contributed by atoms with van der Waals surface area (Å²) in [6.07, 6.45) is 1.41. The Morgan fingerprint density at radius 2 is 1.83 bits per heavy atom. The van der Waals surface area contributed by atoms with Crippen LogP contribution in [-0.2, 0) is 6.42 Å². The SMILES string of the molecule is Cc1csc([C@H]2CCCN2C(=O)c2cc(C(=O)N[C@@H](Cc3ccccc3)[C@H](O)CN(C)c3cncc(C(C)C)c3)cc(C(F)F)c2)n1. The number of thiazole rings is 1. The van der Waals surface area contributed by atoms with Gasteiger partial charge < -0.3 is 20.2 Å². The number of anilines is 1. The summed E-state index contributed by atoms with van der Waals surface area (Å²) < 4.78 is 28.2. The summed E-state index contributed by atoms with van der Waals surface area (Å²) in [7, 11) is 1.84. The molecule has 2 amide bonds. The highest BCUT2D eigenvalue weighted by Crippen LogP contribution is 2.35. The zero-order chi connectivity index (χ0) is 33.7. The smallest absolute Gasteiger partial charge is 0.263 e. The van der Waals surface area contributed by atoms with E-state index in [-0.39, 0.29) is 29.6 Å². The first-order chi connectivity index (χ1) is 22.5. The molecule has 3 atom stereocenters. The van der Waals surface area contributed by atoms with Crippen molar-refractivity contribution in [3.05, 3.63) is 111 Å². The first kappa shape index (κ1) is 34.1. The van der Waals surface area contributed by atoms with Crippen LogP contribution in [-0.4, -0.2) is 64.1 Å². The number of nitrogens with one attached hydrogen (secondary N) is 1. The molecule has 1 aliphatic heterocycles. The molecule has 2 aromatic carbocycles. The molecule has 4 aromatic rings. The predicted octanol–water partition coefficient (Wildman–Crippen LogP) is 6.72. The Hall–Kier alpha value is -4.22. The van der Waals surface area contributed by atoms with Gasteiger partial charge in [0.2, 0.25) is 0 Å². The number of rotatable bonds is 12. The predicted molar refractivity (Wildman–Crippen MR) is 180 cm³/mol. The molecular formula is C36H41F2N5O3S. The lowest BCUT2D eigenvalue weighted by atomic mass is 9.99. The van der Waals surface area contributed by atoms with Crippen LogP contribution in [0.15, 0.2) is 72.4 Å². The minimum absolute atomic E-state index is 0.0190. The molecule has 11 heteroatoms. The maximum absolute atomic E-state index is 14.1. The van der Waals surface area contributed by atoms with Crippen LogP contribution < -0.4 is 10.2 Å². The fraction of sp³-hybridized carbons (Fsp3) is 0.389. The standard InChI is InChI=1S/C36H41F2N5O3S/c1-22(2)28-17-29(19-39-18-28)42(4)20-32(44)30(13-24-9-6-5-7-10-24)41-34(45)26-14-25(33(37)38)15-27(16-26)36(46)43-12-8-11-31(43)35-40-23(3)21-47-35/h5-7,9-10,14-19,21-22,30-33,44H,8,11-13,20H2,1-4H3,(H,41,45)/t30-,31+,32+/m0/s1. The fourth-order valence-corrected chi connectivity index (χ4v) is 6.82. The largest absolute Gasteiger partial charge is 0.389 e. The number of aryl methyl sites for hydroxylation is 1. The van der Waals surface area contributed by atoms with Crippen LogP contribution in [0.4, 0.5) is 14.5 Å². The number of carbonyl (C=O) groups excluding carboxylic acids is 2. The third-order valence-corrected chi connectivity index (χ3v) is 9.61. The van der Waals surface area contributed by atoms with Gasteiger partial charge in [0.05, 0.1) is 30.1 Å². The molecule has 3 heterocycles. The number of aromatic nitrogens is 2. The minimum atomic E-state index is -2.89. The molecule has 0 bridgehead atoms. The molecule has 0 aliphatic carbocycles. The second-order valence-corrected chi connectivity index (χ2v) is 13.4. The second kappa shape index (κ2) is 15.1. The molecule has 1 saturated heterocycles. The van der Waals surface area contributed by atoms with Crippen LogP contribution >= 0.6 is 11.3 Å². The maximum Gasteiger partial charge on any atom is 0.263 e. The van der Waals surface area contributed by atoms with E-state index >= 15 is 0 Å². The van der Waals surface area contributed by atoms with Crippen LogP contribution in [0.25, 0.3) is 0 Å². The Bertz CT molecular complexity index is 1680. The summed E-state index contributed by atoms with van der Waals surface area (Å²) in [6, 6.07) is 14.1. The number of carbonyl (C=O) groups is 2. The number of aliphatic hydroxyl groups is 1. The molecule has 47 heavy (non-hydrogen) atoms. The van der Waals surface area contributed by atoms with Gasteiger partial charge in [-0.1, -0.05) is 44.2 Å². The number of pyridine rings is 1. The average Bonchev–Trinajstić information content (AvgIpc) is 3.73. The number of benzene rings is 2. The summed E-state index contributed by atoms with van der Waals surface area (Å²) in [4.78, 5) is 39.9. The minimum Gasteiger partial charge on any atom is -0.389 e. The third-order valence-electron chi connectivity index (χ3n) is 8.54. The van der Waals surface area contributed by atoms with Gasteiger partial charge >= 0.3 is 0 Å². The van der Waals surface area contributed by atoms with Gasteiger partial charge in [0.15, 0.2) is 0 Å². The van der Waals surface area contributed by atoms with Crippen LogP contribution in [0.1, 0.15) is 93.2 Å². The number of nitrogens with zero attached hydrogens (tertiary/aromatic N) is 4. The summed E-state index contributed by atoms with van der Waals surface area (Å²) in [5.74, 6) is -0.794. The lowest BCUT2D eigenvalue weighted by Crippen LogP contribution is -2.49. The van der Waals surface area contributed by atoms with Crippen LogP contribution in [0.2, 0.25) is 0 Å². The number of likely N-dealkylation sites (N-methyl/N-ethyl adjacent to an activating group) is 1. The molecule has 0 radical (unpaired) electrons. The number of likely N-dealkylation sites (tertiary alicyclic amines) is 1. The number of halogens is 2. The molecule has 5 rings (SSSR count). The van der Waals surface area contributed by atoms with Crippen molar-refractivity contribution in [2.24, 2.45) is 0 Å². The van der Waals surface area contributed by atoms with E-state index in [0.29, 0.717) is 13.0 Å². The van der Waals surface area contributed by atoms with Crippen molar-refractivity contribution in [3.8, 4) is 0 Å².